The Morgan fingerprint density at radius 3 is 2.59 bits per heavy atom. The van der Waals surface area contributed by atoms with E-state index in [1.54, 1.807) is 12.1 Å². The summed E-state index contributed by atoms with van der Waals surface area (Å²) in [4.78, 5) is 6.87. The summed E-state index contributed by atoms with van der Waals surface area (Å²) in [6.07, 6.45) is 0.987. The van der Waals surface area contributed by atoms with Gasteiger partial charge in [-0.3, -0.25) is 4.99 Å². The molecule has 2 aromatic rings. The van der Waals surface area contributed by atoms with Crippen LogP contribution in [0.5, 0.6) is 5.75 Å². The lowest BCUT2D eigenvalue weighted by Gasteiger charge is -2.21. The number of fused-ring (bicyclic) bond motifs is 1. The predicted octanol–water partition coefficient (Wildman–Crippen LogP) is 3.76. The molecule has 0 aliphatic carbocycles. The zero-order valence-corrected chi connectivity index (χ0v) is 13.0. The zero-order chi connectivity index (χ0) is 15.7. The van der Waals surface area contributed by atoms with Crippen LogP contribution in [0, 0.1) is 0 Å². The molecular weight excluding hydrogens is 272 g/mol. The number of rotatable bonds is 2. The first-order valence-corrected chi connectivity index (χ1v) is 7.49. The Hall–Kier alpha value is -2.55. The number of hydrogen-bond donors (Lipinski definition) is 1. The number of aliphatic imine (C=N–C) groups is 1. The van der Waals surface area contributed by atoms with Crippen LogP contribution in [-0.4, -0.2) is 24.4 Å². The van der Waals surface area contributed by atoms with E-state index in [2.05, 4.69) is 36.6 Å². The first kappa shape index (κ1) is 14.4. The summed E-state index contributed by atoms with van der Waals surface area (Å²) in [6.45, 7) is 6.84. The summed E-state index contributed by atoms with van der Waals surface area (Å²) in [6, 6.07) is 13.7. The van der Waals surface area contributed by atoms with Gasteiger partial charge in [0.2, 0.25) is 0 Å². The lowest BCUT2D eigenvalue weighted by atomic mass is 9.97. The van der Waals surface area contributed by atoms with Crippen LogP contribution >= 0.6 is 0 Å². The largest absolute Gasteiger partial charge is 0.508 e. The van der Waals surface area contributed by atoms with Crippen molar-refractivity contribution in [2.75, 3.05) is 18.5 Å². The summed E-state index contributed by atoms with van der Waals surface area (Å²) in [5, 5.41) is 9.51. The van der Waals surface area contributed by atoms with E-state index in [1.807, 2.05) is 19.2 Å². The Morgan fingerprint density at radius 2 is 1.91 bits per heavy atom. The molecule has 112 valence electrons. The highest BCUT2D eigenvalue weighted by Gasteiger charge is 2.19. The van der Waals surface area contributed by atoms with Crippen LogP contribution in [0.3, 0.4) is 0 Å². The van der Waals surface area contributed by atoms with Gasteiger partial charge in [0, 0.05) is 23.9 Å². The van der Waals surface area contributed by atoms with Gasteiger partial charge in [-0.25, -0.2) is 0 Å². The molecule has 0 atom stereocenters. The number of nitrogens with zero attached hydrogens (tertiary/aromatic N) is 2. The molecule has 0 aromatic heterocycles. The molecule has 0 fully saturated rings. The molecule has 1 aliphatic heterocycles. The number of hydrogen-bond acceptors (Lipinski definition) is 3. The average molecular weight is 292 g/mol. The topological polar surface area (TPSA) is 35.8 Å². The first-order chi connectivity index (χ1) is 10.6. The number of aryl methyl sites for hydroxylation is 1. The molecule has 2 aromatic carbocycles. The van der Waals surface area contributed by atoms with E-state index in [1.165, 1.54) is 5.56 Å². The molecule has 0 spiro atoms. The third-order valence-corrected chi connectivity index (χ3v) is 4.12. The lowest BCUT2D eigenvalue weighted by Crippen LogP contribution is -2.17. The Kier molecular flexibility index (Phi) is 3.72. The van der Waals surface area contributed by atoms with Gasteiger partial charge in [-0.15, -0.1) is 0 Å². The van der Waals surface area contributed by atoms with E-state index in [0.717, 1.165) is 34.6 Å². The van der Waals surface area contributed by atoms with Crippen molar-refractivity contribution in [1.82, 2.24) is 0 Å². The van der Waals surface area contributed by atoms with Crippen LogP contribution in [0.2, 0.25) is 0 Å². The zero-order valence-electron chi connectivity index (χ0n) is 13.0. The number of likely N-dealkylation sites (N-methyl/N-ethyl adjacent to an activating group) is 1. The van der Waals surface area contributed by atoms with Gasteiger partial charge in [-0.05, 0) is 48.4 Å². The van der Waals surface area contributed by atoms with Gasteiger partial charge in [0.15, 0.2) is 0 Å². The minimum atomic E-state index is 0.266. The summed E-state index contributed by atoms with van der Waals surface area (Å²) in [5.41, 5.74) is 6.45. The van der Waals surface area contributed by atoms with Crippen molar-refractivity contribution in [3.63, 3.8) is 0 Å². The summed E-state index contributed by atoms with van der Waals surface area (Å²) >= 11 is 0. The molecule has 1 aliphatic rings. The second kappa shape index (κ2) is 5.68. The highest BCUT2D eigenvalue weighted by Crippen LogP contribution is 2.30. The third-order valence-electron chi connectivity index (χ3n) is 4.12. The Balaban J connectivity index is 2.20. The van der Waals surface area contributed by atoms with Gasteiger partial charge in [0.1, 0.15) is 5.75 Å². The lowest BCUT2D eigenvalue weighted by molar-refractivity contribution is 0.475. The molecule has 3 heteroatoms. The number of phenolic OH excluding ortho intramolecular Hbond substituents is 1. The maximum Gasteiger partial charge on any atom is 0.115 e. The summed E-state index contributed by atoms with van der Waals surface area (Å²) in [5.74, 6) is 0.266. The molecule has 3 rings (SSSR count). The molecule has 0 saturated heterocycles. The van der Waals surface area contributed by atoms with Gasteiger partial charge in [-0.1, -0.05) is 19.6 Å². The van der Waals surface area contributed by atoms with Crippen molar-refractivity contribution in [3.8, 4) is 5.75 Å². The second-order valence-corrected chi connectivity index (χ2v) is 5.54. The van der Waals surface area contributed by atoms with Crippen LogP contribution < -0.4 is 4.90 Å². The van der Waals surface area contributed by atoms with E-state index in [0.29, 0.717) is 6.54 Å². The van der Waals surface area contributed by atoms with Crippen LogP contribution in [0.1, 0.15) is 23.6 Å². The highest BCUT2D eigenvalue weighted by atomic mass is 16.3. The van der Waals surface area contributed by atoms with Crippen LogP contribution in [0.4, 0.5) is 5.69 Å². The minimum Gasteiger partial charge on any atom is -0.508 e. The Labute approximate surface area is 131 Å². The molecule has 22 heavy (non-hydrogen) atoms. The Morgan fingerprint density at radius 1 is 1.18 bits per heavy atom. The molecule has 0 bridgehead atoms. The van der Waals surface area contributed by atoms with Crippen LogP contribution in [-0.2, 0) is 6.42 Å². The maximum atomic E-state index is 9.51. The average Bonchev–Trinajstić information content (AvgIpc) is 2.66. The fourth-order valence-electron chi connectivity index (χ4n) is 2.68. The number of benzodiazepines with no additional fused rings is 1. The highest BCUT2D eigenvalue weighted by molar-refractivity contribution is 6.16. The van der Waals surface area contributed by atoms with E-state index in [4.69, 9.17) is 4.99 Å². The van der Waals surface area contributed by atoms with Crippen LogP contribution in [0.25, 0.3) is 0 Å². The predicted molar refractivity (Wildman–Crippen MR) is 92.0 cm³/mol. The molecule has 1 N–H and O–H groups in total. The SMILES string of the molecule is C=C1CN=C(c2ccc(O)cc2)c2cc(CC)ccc2N1C. The fraction of sp³-hybridized carbons (Fsp3) is 0.211. The second-order valence-electron chi connectivity index (χ2n) is 5.54. The minimum absolute atomic E-state index is 0.266. The quantitative estimate of drug-likeness (QED) is 0.915. The molecule has 1 heterocycles. The number of phenols is 1. The standard InChI is InChI=1S/C19H20N2O/c1-4-14-5-10-18-17(11-14)19(20-12-13(2)21(18)3)15-6-8-16(22)9-7-15/h5-11,22H,2,4,12H2,1,3H3. The van der Waals surface area contributed by atoms with Gasteiger partial charge in [0.25, 0.3) is 0 Å². The summed E-state index contributed by atoms with van der Waals surface area (Å²) < 4.78 is 0. The van der Waals surface area contributed by atoms with Gasteiger partial charge < -0.3 is 10.0 Å². The normalized spacial score (nSPS) is 14.4. The number of benzene rings is 2. The van der Waals surface area contributed by atoms with E-state index in [-0.39, 0.29) is 5.75 Å². The van der Waals surface area contributed by atoms with Crippen molar-refractivity contribution < 1.29 is 5.11 Å². The van der Waals surface area contributed by atoms with Gasteiger partial charge in [-0.2, -0.15) is 0 Å². The third kappa shape index (κ3) is 2.50. The Bertz CT molecular complexity index is 745. The monoisotopic (exact) mass is 292 g/mol. The van der Waals surface area contributed by atoms with Gasteiger partial charge in [0.05, 0.1) is 17.9 Å². The molecule has 0 unspecified atom stereocenters. The first-order valence-electron chi connectivity index (χ1n) is 7.49. The molecule has 0 saturated carbocycles. The molecular formula is C19H20N2O. The number of anilines is 1. The molecule has 3 nitrogen and oxygen atoms in total. The van der Waals surface area contributed by atoms with Gasteiger partial charge >= 0.3 is 0 Å². The number of aromatic hydroxyl groups is 1. The van der Waals surface area contributed by atoms with E-state index >= 15 is 0 Å². The van der Waals surface area contributed by atoms with Crippen molar-refractivity contribution in [3.05, 3.63) is 71.4 Å². The van der Waals surface area contributed by atoms with Crippen molar-refractivity contribution in [2.45, 2.75) is 13.3 Å². The van der Waals surface area contributed by atoms with Crippen molar-refractivity contribution in [2.24, 2.45) is 4.99 Å². The van der Waals surface area contributed by atoms with Crippen molar-refractivity contribution >= 4 is 11.4 Å². The molecule has 0 radical (unpaired) electrons. The summed E-state index contributed by atoms with van der Waals surface area (Å²) in [7, 11) is 2.03. The fourth-order valence-corrected chi connectivity index (χ4v) is 2.68. The molecule has 0 amide bonds. The maximum absolute atomic E-state index is 9.51. The van der Waals surface area contributed by atoms with Crippen LogP contribution in [0.15, 0.2) is 59.7 Å². The van der Waals surface area contributed by atoms with Crippen molar-refractivity contribution in [1.29, 1.82) is 0 Å². The van der Waals surface area contributed by atoms with E-state index < -0.39 is 0 Å². The smallest absolute Gasteiger partial charge is 0.115 e. The van der Waals surface area contributed by atoms with E-state index in [9.17, 15) is 5.11 Å².